The van der Waals surface area contributed by atoms with E-state index in [1.54, 1.807) is 13.0 Å². The highest BCUT2D eigenvalue weighted by Gasteiger charge is 2.31. The van der Waals surface area contributed by atoms with Crippen LogP contribution in [0.2, 0.25) is 0 Å². The molecule has 6 heteroatoms. The molecule has 0 N–H and O–H groups in total. The molecular formula is C29H29NO5. The Morgan fingerprint density at radius 1 is 1.03 bits per heavy atom. The first kappa shape index (κ1) is 24.3. The van der Waals surface area contributed by atoms with Gasteiger partial charge in [-0.1, -0.05) is 48.5 Å². The monoisotopic (exact) mass is 471 g/mol. The number of carbonyl (C=O) groups excluding carboxylic acids is 1. The predicted molar refractivity (Wildman–Crippen MR) is 132 cm³/mol. The number of hydrogen-bond acceptors (Lipinski definition) is 6. The van der Waals surface area contributed by atoms with Crippen LogP contribution in [0.4, 0.5) is 0 Å². The second-order valence-electron chi connectivity index (χ2n) is 8.45. The lowest BCUT2D eigenvalue weighted by Crippen LogP contribution is -2.18. The van der Waals surface area contributed by atoms with Crippen LogP contribution in [-0.2, 0) is 22.5 Å². The Kier molecular flexibility index (Phi) is 8.02. The van der Waals surface area contributed by atoms with Crippen LogP contribution in [0, 0.1) is 11.3 Å². The van der Waals surface area contributed by atoms with Gasteiger partial charge < -0.3 is 18.9 Å². The molecule has 0 fully saturated rings. The van der Waals surface area contributed by atoms with Gasteiger partial charge in [-0.3, -0.25) is 0 Å². The molecule has 1 aliphatic rings. The van der Waals surface area contributed by atoms with Crippen LogP contribution in [0.5, 0.6) is 11.5 Å². The van der Waals surface area contributed by atoms with Gasteiger partial charge in [0.05, 0.1) is 18.6 Å². The zero-order valence-electron chi connectivity index (χ0n) is 20.0. The number of fused-ring (bicyclic) bond motifs is 1. The van der Waals surface area contributed by atoms with Crippen LogP contribution in [-0.4, -0.2) is 26.5 Å². The third-order valence-corrected chi connectivity index (χ3v) is 6.19. The van der Waals surface area contributed by atoms with Gasteiger partial charge in [-0.25, -0.2) is 4.79 Å². The van der Waals surface area contributed by atoms with Crippen molar-refractivity contribution >= 4 is 5.97 Å². The predicted octanol–water partition coefficient (Wildman–Crippen LogP) is 5.76. The molecule has 0 radical (unpaired) electrons. The Labute approximate surface area is 206 Å². The van der Waals surface area contributed by atoms with Crippen molar-refractivity contribution in [3.63, 3.8) is 0 Å². The molecule has 180 valence electrons. The molecule has 0 bridgehead atoms. The van der Waals surface area contributed by atoms with Gasteiger partial charge in [0.15, 0.2) is 6.79 Å². The van der Waals surface area contributed by atoms with Crippen LogP contribution >= 0.6 is 0 Å². The van der Waals surface area contributed by atoms with Crippen molar-refractivity contribution < 1.29 is 23.7 Å². The topological polar surface area (TPSA) is 77.8 Å². The fourth-order valence-corrected chi connectivity index (χ4v) is 4.56. The minimum atomic E-state index is -0.436. The minimum Gasteiger partial charge on any atom is -0.489 e. The maximum Gasteiger partial charge on any atom is 0.341 e. The first-order chi connectivity index (χ1) is 17.1. The number of hydrogen-bond donors (Lipinski definition) is 0. The molecule has 0 spiro atoms. The average Bonchev–Trinajstić information content (AvgIpc) is 2.90. The lowest BCUT2D eigenvalue weighted by Gasteiger charge is -2.30. The van der Waals surface area contributed by atoms with Crippen LogP contribution in [0.25, 0.3) is 0 Å². The second-order valence-corrected chi connectivity index (χ2v) is 8.45. The zero-order valence-corrected chi connectivity index (χ0v) is 20.0. The second kappa shape index (κ2) is 11.5. The molecule has 2 atom stereocenters. The van der Waals surface area contributed by atoms with E-state index in [1.807, 2.05) is 54.6 Å². The Hall–Kier alpha value is -3.82. The van der Waals surface area contributed by atoms with E-state index in [0.717, 1.165) is 34.4 Å². The van der Waals surface area contributed by atoms with Crippen LogP contribution in [0.15, 0.2) is 66.7 Å². The average molecular weight is 472 g/mol. The quantitative estimate of drug-likeness (QED) is 0.292. The van der Waals surface area contributed by atoms with Crippen molar-refractivity contribution in [3.8, 4) is 17.6 Å². The number of nitrogens with zero attached hydrogens (tertiary/aromatic N) is 1. The molecule has 1 aliphatic carbocycles. The molecule has 0 saturated heterocycles. The largest absolute Gasteiger partial charge is 0.489 e. The highest BCUT2D eigenvalue weighted by Crippen LogP contribution is 2.44. The summed E-state index contributed by atoms with van der Waals surface area (Å²) >= 11 is 0. The third-order valence-electron chi connectivity index (χ3n) is 6.19. The molecule has 0 saturated carbocycles. The van der Waals surface area contributed by atoms with E-state index in [9.17, 15) is 10.1 Å². The van der Waals surface area contributed by atoms with Crippen molar-refractivity contribution in [2.24, 2.45) is 0 Å². The maximum absolute atomic E-state index is 12.4. The van der Waals surface area contributed by atoms with E-state index in [4.69, 9.17) is 18.9 Å². The first-order valence-electron chi connectivity index (χ1n) is 11.8. The summed E-state index contributed by atoms with van der Waals surface area (Å²) in [5, 5.41) is 10.1. The van der Waals surface area contributed by atoms with E-state index in [-0.39, 0.29) is 25.2 Å². The number of methoxy groups -OCH3 is 1. The van der Waals surface area contributed by atoms with Crippen LogP contribution in [0.3, 0.4) is 0 Å². The number of esters is 1. The van der Waals surface area contributed by atoms with Gasteiger partial charge in [0.1, 0.15) is 23.7 Å². The van der Waals surface area contributed by atoms with Crippen LogP contribution in [0.1, 0.15) is 57.8 Å². The zero-order chi connectivity index (χ0) is 24.6. The Balaban J connectivity index is 1.60. The summed E-state index contributed by atoms with van der Waals surface area (Å²) in [5.74, 6) is 0.538. The summed E-state index contributed by atoms with van der Waals surface area (Å²) < 4.78 is 22.1. The number of ether oxygens (including phenoxy) is 4. The fraction of sp³-hybridized carbons (Fsp3) is 0.310. The first-order valence-corrected chi connectivity index (χ1v) is 11.8. The molecule has 3 aromatic rings. The summed E-state index contributed by atoms with van der Waals surface area (Å²) in [7, 11) is 1.53. The molecule has 6 nitrogen and oxygen atoms in total. The van der Waals surface area contributed by atoms with Crippen LogP contribution < -0.4 is 9.47 Å². The lowest BCUT2D eigenvalue weighted by atomic mass is 9.74. The molecule has 0 aliphatic heterocycles. The van der Waals surface area contributed by atoms with Gasteiger partial charge in [0, 0.05) is 12.7 Å². The molecule has 3 aromatic carbocycles. The minimum absolute atomic E-state index is 0.0201. The maximum atomic E-state index is 12.4. The lowest BCUT2D eigenvalue weighted by molar-refractivity contribution is 0.0437. The summed E-state index contributed by atoms with van der Waals surface area (Å²) in [4.78, 5) is 12.4. The summed E-state index contributed by atoms with van der Waals surface area (Å²) in [6.07, 6.45) is 1.41. The normalized spacial score (nSPS) is 16.6. The highest BCUT2D eigenvalue weighted by molar-refractivity contribution is 5.92. The smallest absolute Gasteiger partial charge is 0.341 e. The number of carbonyl (C=O) groups is 1. The number of benzene rings is 3. The number of rotatable bonds is 9. The van der Waals surface area contributed by atoms with Crippen molar-refractivity contribution in [2.45, 2.75) is 38.2 Å². The molecule has 4 rings (SSSR count). The SMILES string of the molecule is CCOC(=O)c1ccc(C2Cc3cccc(OCc4ccccc4)c3C(C#N)C2)cc1OCOC. The Morgan fingerprint density at radius 3 is 2.60 bits per heavy atom. The Bertz CT molecular complexity index is 1200. The van der Waals surface area contributed by atoms with E-state index >= 15 is 0 Å². The van der Waals surface area contributed by atoms with Crippen molar-refractivity contribution in [3.05, 3.63) is 94.5 Å². The molecule has 0 amide bonds. The third kappa shape index (κ3) is 5.64. The van der Waals surface area contributed by atoms with Crippen molar-refractivity contribution in [1.29, 1.82) is 5.26 Å². The highest BCUT2D eigenvalue weighted by atomic mass is 16.7. The summed E-state index contributed by atoms with van der Waals surface area (Å²) in [6, 6.07) is 24.0. The standard InChI is InChI=1S/C29H29NO5/c1-3-33-29(31)25-13-12-21(16-27(25)35-19-32-2)23-14-22-10-7-11-26(28(22)24(15-23)17-30)34-18-20-8-5-4-6-9-20/h4-13,16,23-24H,3,14-15,18-19H2,1-2H3. The van der Waals surface area contributed by atoms with Gasteiger partial charge in [-0.2, -0.15) is 5.26 Å². The van der Waals surface area contributed by atoms with Gasteiger partial charge in [0.25, 0.3) is 0 Å². The van der Waals surface area contributed by atoms with Gasteiger partial charge >= 0.3 is 5.97 Å². The Morgan fingerprint density at radius 2 is 1.86 bits per heavy atom. The van der Waals surface area contributed by atoms with E-state index in [0.29, 0.717) is 24.3 Å². The fourth-order valence-electron chi connectivity index (χ4n) is 4.56. The molecule has 0 aromatic heterocycles. The van der Waals surface area contributed by atoms with E-state index in [1.165, 1.54) is 7.11 Å². The molecule has 35 heavy (non-hydrogen) atoms. The molecule has 0 heterocycles. The van der Waals surface area contributed by atoms with Gasteiger partial charge in [-0.05, 0) is 60.6 Å². The number of nitriles is 1. The van der Waals surface area contributed by atoms with Crippen molar-refractivity contribution in [1.82, 2.24) is 0 Å². The summed E-state index contributed by atoms with van der Waals surface area (Å²) in [6.45, 7) is 2.52. The van der Waals surface area contributed by atoms with E-state index in [2.05, 4.69) is 12.1 Å². The van der Waals surface area contributed by atoms with E-state index < -0.39 is 5.97 Å². The summed E-state index contributed by atoms with van der Waals surface area (Å²) in [5.41, 5.74) is 4.52. The van der Waals surface area contributed by atoms with Gasteiger partial charge in [-0.15, -0.1) is 0 Å². The molecule has 2 unspecified atom stereocenters. The molecular weight excluding hydrogens is 442 g/mol. The van der Waals surface area contributed by atoms with Crippen molar-refractivity contribution in [2.75, 3.05) is 20.5 Å². The van der Waals surface area contributed by atoms with Gasteiger partial charge in [0.2, 0.25) is 0 Å².